The van der Waals surface area contributed by atoms with Crippen molar-refractivity contribution in [2.45, 2.75) is 38.5 Å². The van der Waals surface area contributed by atoms with E-state index in [2.05, 4.69) is 37.2 Å². The van der Waals surface area contributed by atoms with Gasteiger partial charge in [-0.2, -0.15) is 13.2 Å². The number of ether oxygens (including phenoxy) is 1. The standard InChI is InChI=1S/C17H26F3N5O/c1-3-25-8-4-5-14(25)11-24-16(21-2)23-10-13-6-7-22-15(9-13)26-12-17(18,19)20/h6-7,9,14H,3-5,8,10-12H2,1-2H3,(H2,21,23,24). The van der Waals surface area contributed by atoms with Crippen molar-refractivity contribution >= 4 is 5.96 Å². The molecule has 2 rings (SSSR count). The fourth-order valence-electron chi connectivity index (χ4n) is 2.96. The van der Waals surface area contributed by atoms with Crippen LogP contribution in [0, 0.1) is 0 Å². The number of likely N-dealkylation sites (tertiary alicyclic amines) is 1. The summed E-state index contributed by atoms with van der Waals surface area (Å²) in [5.41, 5.74) is 0.760. The van der Waals surface area contributed by atoms with Crippen LogP contribution in [0.15, 0.2) is 23.3 Å². The van der Waals surface area contributed by atoms with Crippen molar-refractivity contribution in [1.29, 1.82) is 0 Å². The SMILES string of the molecule is CCN1CCCC1CNC(=NC)NCc1ccnc(OCC(F)(F)F)c1. The second-order valence-corrected chi connectivity index (χ2v) is 6.14. The molecular formula is C17H26F3N5O. The molecule has 2 N–H and O–H groups in total. The molecule has 1 aliphatic heterocycles. The Morgan fingerprint density at radius 3 is 2.92 bits per heavy atom. The van der Waals surface area contributed by atoms with Crippen molar-refractivity contribution in [3.05, 3.63) is 23.9 Å². The van der Waals surface area contributed by atoms with Gasteiger partial charge in [0, 0.05) is 38.4 Å². The van der Waals surface area contributed by atoms with Crippen LogP contribution in [0.5, 0.6) is 5.88 Å². The van der Waals surface area contributed by atoms with Gasteiger partial charge in [0.2, 0.25) is 5.88 Å². The number of aromatic nitrogens is 1. The number of hydrogen-bond acceptors (Lipinski definition) is 4. The van der Waals surface area contributed by atoms with E-state index in [9.17, 15) is 13.2 Å². The molecule has 1 aromatic heterocycles. The average molecular weight is 373 g/mol. The maximum atomic E-state index is 12.2. The van der Waals surface area contributed by atoms with Crippen LogP contribution in [-0.4, -0.2) is 61.4 Å². The number of halogens is 3. The van der Waals surface area contributed by atoms with Gasteiger partial charge in [-0.3, -0.25) is 9.89 Å². The van der Waals surface area contributed by atoms with Crippen molar-refractivity contribution in [3.8, 4) is 5.88 Å². The van der Waals surface area contributed by atoms with E-state index in [1.54, 1.807) is 13.1 Å². The molecule has 0 aromatic carbocycles. The number of aliphatic imine (C=N–C) groups is 1. The molecule has 146 valence electrons. The largest absolute Gasteiger partial charge is 0.468 e. The molecule has 0 spiro atoms. The summed E-state index contributed by atoms with van der Waals surface area (Å²) in [5.74, 6) is 0.608. The van der Waals surface area contributed by atoms with Crippen molar-refractivity contribution in [2.75, 3.05) is 33.3 Å². The highest BCUT2D eigenvalue weighted by molar-refractivity contribution is 5.79. The zero-order valence-electron chi connectivity index (χ0n) is 15.1. The molecule has 0 bridgehead atoms. The van der Waals surface area contributed by atoms with Gasteiger partial charge in [0.05, 0.1) is 0 Å². The molecule has 1 fully saturated rings. The molecule has 9 heteroatoms. The van der Waals surface area contributed by atoms with Gasteiger partial charge < -0.3 is 15.4 Å². The van der Waals surface area contributed by atoms with Crippen molar-refractivity contribution in [3.63, 3.8) is 0 Å². The monoisotopic (exact) mass is 373 g/mol. The molecule has 26 heavy (non-hydrogen) atoms. The number of nitrogens with one attached hydrogen (secondary N) is 2. The molecule has 1 aliphatic rings. The van der Waals surface area contributed by atoms with Crippen molar-refractivity contribution in [1.82, 2.24) is 20.5 Å². The Bertz CT molecular complexity index is 594. The number of guanidine groups is 1. The summed E-state index contributed by atoms with van der Waals surface area (Å²) >= 11 is 0. The van der Waals surface area contributed by atoms with Crippen LogP contribution in [0.1, 0.15) is 25.3 Å². The quantitative estimate of drug-likeness (QED) is 0.567. The Morgan fingerprint density at radius 1 is 1.42 bits per heavy atom. The zero-order chi connectivity index (χ0) is 19.0. The maximum Gasteiger partial charge on any atom is 0.422 e. The van der Waals surface area contributed by atoms with E-state index in [-0.39, 0.29) is 5.88 Å². The number of nitrogens with zero attached hydrogens (tertiary/aromatic N) is 3. The first-order chi connectivity index (χ1) is 12.4. The lowest BCUT2D eigenvalue weighted by molar-refractivity contribution is -0.154. The first kappa shape index (κ1) is 20.3. The number of alkyl halides is 3. The Hall–Kier alpha value is -2.03. The molecule has 0 radical (unpaired) electrons. The highest BCUT2D eigenvalue weighted by Crippen LogP contribution is 2.18. The third kappa shape index (κ3) is 6.70. The summed E-state index contributed by atoms with van der Waals surface area (Å²) in [6.07, 6.45) is -0.572. The zero-order valence-corrected chi connectivity index (χ0v) is 15.1. The summed E-state index contributed by atoms with van der Waals surface area (Å²) in [6.45, 7) is 4.20. The van der Waals surface area contributed by atoms with E-state index in [4.69, 9.17) is 0 Å². The van der Waals surface area contributed by atoms with Crippen LogP contribution in [0.25, 0.3) is 0 Å². The maximum absolute atomic E-state index is 12.2. The Morgan fingerprint density at radius 2 is 2.23 bits per heavy atom. The number of rotatable bonds is 7. The lowest BCUT2D eigenvalue weighted by Crippen LogP contribution is -2.44. The average Bonchev–Trinajstić information content (AvgIpc) is 3.07. The van der Waals surface area contributed by atoms with Gasteiger partial charge in [-0.15, -0.1) is 0 Å². The summed E-state index contributed by atoms with van der Waals surface area (Å²) in [7, 11) is 1.69. The minimum atomic E-state index is -4.38. The van der Waals surface area contributed by atoms with Crippen molar-refractivity contribution in [2.24, 2.45) is 4.99 Å². The van der Waals surface area contributed by atoms with Gasteiger partial charge in [0.15, 0.2) is 12.6 Å². The summed E-state index contributed by atoms with van der Waals surface area (Å²) in [6, 6.07) is 3.71. The lowest BCUT2D eigenvalue weighted by Gasteiger charge is -2.24. The van der Waals surface area contributed by atoms with Crippen LogP contribution in [0.3, 0.4) is 0 Å². The van der Waals surface area contributed by atoms with E-state index in [1.165, 1.54) is 25.1 Å². The summed E-state index contributed by atoms with van der Waals surface area (Å²) < 4.78 is 41.3. The van der Waals surface area contributed by atoms with Crippen LogP contribution in [0.4, 0.5) is 13.2 Å². The van der Waals surface area contributed by atoms with Gasteiger partial charge in [-0.25, -0.2) is 4.98 Å². The first-order valence-electron chi connectivity index (χ1n) is 8.74. The minimum absolute atomic E-state index is 0.0471. The predicted molar refractivity (Wildman–Crippen MR) is 94.3 cm³/mol. The second kappa shape index (κ2) is 9.61. The fourth-order valence-corrected chi connectivity index (χ4v) is 2.96. The fraction of sp³-hybridized carbons (Fsp3) is 0.647. The summed E-state index contributed by atoms with van der Waals surface area (Å²) in [4.78, 5) is 10.4. The molecule has 1 atom stereocenters. The van der Waals surface area contributed by atoms with E-state index in [0.717, 1.165) is 25.2 Å². The van der Waals surface area contributed by atoms with Gasteiger partial charge in [-0.05, 0) is 37.6 Å². The highest BCUT2D eigenvalue weighted by atomic mass is 19.4. The van der Waals surface area contributed by atoms with Gasteiger partial charge in [-0.1, -0.05) is 6.92 Å². The molecule has 1 saturated heterocycles. The highest BCUT2D eigenvalue weighted by Gasteiger charge is 2.28. The molecule has 2 heterocycles. The molecule has 6 nitrogen and oxygen atoms in total. The third-order valence-electron chi connectivity index (χ3n) is 4.28. The third-order valence-corrected chi connectivity index (χ3v) is 4.28. The molecule has 1 unspecified atom stereocenters. The number of pyridine rings is 1. The Kier molecular flexibility index (Phi) is 7.50. The molecule has 1 aromatic rings. The number of likely N-dealkylation sites (N-methyl/N-ethyl adjacent to an activating group) is 1. The van der Waals surface area contributed by atoms with Crippen LogP contribution < -0.4 is 15.4 Å². The topological polar surface area (TPSA) is 61.8 Å². The van der Waals surface area contributed by atoms with E-state index < -0.39 is 12.8 Å². The molecule has 0 saturated carbocycles. The second-order valence-electron chi connectivity index (χ2n) is 6.14. The molecule has 0 aliphatic carbocycles. The Labute approximate surface area is 151 Å². The smallest absolute Gasteiger partial charge is 0.422 e. The molecule has 0 amide bonds. The number of hydrogen-bond donors (Lipinski definition) is 2. The van der Waals surface area contributed by atoms with E-state index >= 15 is 0 Å². The first-order valence-corrected chi connectivity index (χ1v) is 8.74. The van der Waals surface area contributed by atoms with E-state index in [0.29, 0.717) is 18.5 Å². The van der Waals surface area contributed by atoms with Crippen LogP contribution in [0.2, 0.25) is 0 Å². The van der Waals surface area contributed by atoms with Gasteiger partial charge in [0.25, 0.3) is 0 Å². The van der Waals surface area contributed by atoms with Gasteiger partial charge in [0.1, 0.15) is 0 Å². The molecular weight excluding hydrogens is 347 g/mol. The van der Waals surface area contributed by atoms with E-state index in [1.807, 2.05) is 0 Å². The van der Waals surface area contributed by atoms with Crippen molar-refractivity contribution < 1.29 is 17.9 Å². The minimum Gasteiger partial charge on any atom is -0.468 e. The normalized spacial score (nSPS) is 18.8. The van der Waals surface area contributed by atoms with Crippen LogP contribution >= 0.6 is 0 Å². The van der Waals surface area contributed by atoms with Crippen LogP contribution in [-0.2, 0) is 6.54 Å². The lowest BCUT2D eigenvalue weighted by atomic mass is 10.2. The predicted octanol–water partition coefficient (Wildman–Crippen LogP) is 2.17. The summed E-state index contributed by atoms with van der Waals surface area (Å²) in [5, 5.41) is 6.46. The Balaban J connectivity index is 1.80. The van der Waals surface area contributed by atoms with Gasteiger partial charge >= 0.3 is 6.18 Å².